The third-order valence-electron chi connectivity index (χ3n) is 3.34. The molecule has 4 nitrogen and oxygen atoms in total. The summed E-state index contributed by atoms with van der Waals surface area (Å²) in [4.78, 5) is 30.0. The Bertz CT molecular complexity index is 442. The van der Waals surface area contributed by atoms with E-state index in [9.17, 15) is 9.59 Å². The van der Waals surface area contributed by atoms with Crippen molar-refractivity contribution in [1.29, 1.82) is 0 Å². The molecule has 1 aliphatic rings. The number of amides is 1. The fourth-order valence-electron chi connectivity index (χ4n) is 2.35. The van der Waals surface area contributed by atoms with Crippen LogP contribution in [0.2, 0.25) is 0 Å². The molecule has 1 aliphatic heterocycles. The molecule has 0 spiro atoms. The highest BCUT2D eigenvalue weighted by Crippen LogP contribution is 2.22. The van der Waals surface area contributed by atoms with E-state index in [0.717, 1.165) is 12.8 Å². The van der Waals surface area contributed by atoms with Gasteiger partial charge >= 0.3 is 0 Å². The van der Waals surface area contributed by atoms with Crippen LogP contribution in [0.5, 0.6) is 0 Å². The van der Waals surface area contributed by atoms with E-state index in [-0.39, 0.29) is 23.7 Å². The highest BCUT2D eigenvalue weighted by Gasteiger charge is 2.35. The highest BCUT2D eigenvalue weighted by molar-refractivity contribution is 5.98. The van der Waals surface area contributed by atoms with E-state index < -0.39 is 0 Å². The maximum Gasteiger partial charge on any atom is 0.254 e. The summed E-state index contributed by atoms with van der Waals surface area (Å²) in [6.07, 6.45) is 4.89. The number of hydrogen-bond donors (Lipinski definition) is 0. The molecule has 1 fully saturated rings. The quantitative estimate of drug-likeness (QED) is 0.818. The lowest BCUT2D eigenvalue weighted by Gasteiger charge is -2.25. The van der Waals surface area contributed by atoms with Crippen LogP contribution in [0.15, 0.2) is 24.5 Å². The molecule has 0 saturated carbocycles. The Morgan fingerprint density at radius 1 is 1.33 bits per heavy atom. The van der Waals surface area contributed by atoms with Gasteiger partial charge in [0.25, 0.3) is 5.91 Å². The lowest BCUT2D eigenvalue weighted by atomic mass is 9.99. The molecule has 0 radical (unpaired) electrons. The number of hydrogen-bond acceptors (Lipinski definition) is 3. The molecule has 0 N–H and O–H groups in total. The van der Waals surface area contributed by atoms with Gasteiger partial charge in [-0.25, -0.2) is 0 Å². The van der Waals surface area contributed by atoms with Crippen molar-refractivity contribution in [2.45, 2.75) is 32.7 Å². The molecular formula is C14H18N2O2. The first kappa shape index (κ1) is 12.7. The van der Waals surface area contributed by atoms with Gasteiger partial charge in [0, 0.05) is 30.4 Å². The van der Waals surface area contributed by atoms with Gasteiger partial charge in [0.05, 0.1) is 6.04 Å². The Labute approximate surface area is 107 Å². The smallest absolute Gasteiger partial charge is 0.254 e. The van der Waals surface area contributed by atoms with Crippen LogP contribution in [0.4, 0.5) is 0 Å². The topological polar surface area (TPSA) is 50.3 Å². The maximum atomic E-state index is 12.3. The number of carbonyl (C=O) groups excluding carboxylic acids is 2. The van der Waals surface area contributed by atoms with Crippen LogP contribution >= 0.6 is 0 Å². The zero-order chi connectivity index (χ0) is 13.1. The number of nitrogens with zero attached hydrogens (tertiary/aromatic N) is 2. The summed E-state index contributed by atoms with van der Waals surface area (Å²) in [6, 6.07) is 3.14. The minimum atomic E-state index is -0.245. The second-order valence-electron chi connectivity index (χ2n) is 4.95. The first-order valence-corrected chi connectivity index (χ1v) is 6.36. The van der Waals surface area contributed by atoms with E-state index in [1.807, 2.05) is 13.8 Å². The number of likely N-dealkylation sites (tertiary alicyclic amines) is 1. The molecule has 1 amide bonds. The van der Waals surface area contributed by atoms with Gasteiger partial charge in [0.2, 0.25) is 0 Å². The summed E-state index contributed by atoms with van der Waals surface area (Å²) >= 11 is 0. The van der Waals surface area contributed by atoms with Gasteiger partial charge in [-0.2, -0.15) is 0 Å². The van der Waals surface area contributed by atoms with Crippen LogP contribution in [0.25, 0.3) is 0 Å². The van der Waals surface area contributed by atoms with E-state index >= 15 is 0 Å². The summed E-state index contributed by atoms with van der Waals surface area (Å²) in [5, 5.41) is 0. The zero-order valence-corrected chi connectivity index (χ0v) is 10.8. The van der Waals surface area contributed by atoms with Crippen molar-refractivity contribution in [2.24, 2.45) is 5.92 Å². The Hall–Kier alpha value is -1.71. The van der Waals surface area contributed by atoms with Crippen LogP contribution in [0, 0.1) is 5.92 Å². The molecule has 1 aromatic rings. The summed E-state index contributed by atoms with van der Waals surface area (Å²) < 4.78 is 0. The fourth-order valence-corrected chi connectivity index (χ4v) is 2.35. The SMILES string of the molecule is CC(C)C(=O)C1CCCN1C(=O)c1ccncc1. The second kappa shape index (κ2) is 5.29. The van der Waals surface area contributed by atoms with Gasteiger partial charge in [-0.1, -0.05) is 13.8 Å². The fraction of sp³-hybridized carbons (Fsp3) is 0.500. The van der Waals surface area contributed by atoms with Crippen LogP contribution in [0.3, 0.4) is 0 Å². The molecule has 2 heterocycles. The van der Waals surface area contributed by atoms with Gasteiger partial charge in [0.1, 0.15) is 0 Å². The van der Waals surface area contributed by atoms with Gasteiger partial charge in [0.15, 0.2) is 5.78 Å². The minimum absolute atomic E-state index is 0.0270. The van der Waals surface area contributed by atoms with Crippen molar-refractivity contribution in [1.82, 2.24) is 9.88 Å². The predicted molar refractivity (Wildman–Crippen MR) is 68.1 cm³/mol. The zero-order valence-electron chi connectivity index (χ0n) is 10.8. The Morgan fingerprint density at radius 3 is 2.61 bits per heavy atom. The molecule has 0 aromatic carbocycles. The molecule has 1 atom stereocenters. The van der Waals surface area contributed by atoms with Crippen molar-refractivity contribution in [2.75, 3.05) is 6.54 Å². The van der Waals surface area contributed by atoms with Crippen LogP contribution in [-0.2, 0) is 4.79 Å². The first-order chi connectivity index (χ1) is 8.61. The summed E-state index contributed by atoms with van der Waals surface area (Å²) in [7, 11) is 0. The molecular weight excluding hydrogens is 228 g/mol. The molecule has 0 aliphatic carbocycles. The number of ketones is 1. The van der Waals surface area contributed by atoms with Gasteiger partial charge in [-0.05, 0) is 25.0 Å². The summed E-state index contributed by atoms with van der Waals surface area (Å²) in [6.45, 7) is 4.44. The average Bonchev–Trinajstić information content (AvgIpc) is 2.87. The highest BCUT2D eigenvalue weighted by atomic mass is 16.2. The van der Waals surface area contributed by atoms with Crippen molar-refractivity contribution < 1.29 is 9.59 Å². The number of Topliss-reactive ketones (excluding diaryl/α,β-unsaturated/α-hetero) is 1. The summed E-state index contributed by atoms with van der Waals surface area (Å²) in [5.74, 6) is 0.0737. The van der Waals surface area contributed by atoms with Gasteiger partial charge in [-0.3, -0.25) is 14.6 Å². The number of carbonyl (C=O) groups is 2. The molecule has 1 unspecified atom stereocenters. The largest absolute Gasteiger partial charge is 0.329 e. The molecule has 18 heavy (non-hydrogen) atoms. The van der Waals surface area contributed by atoms with Crippen LogP contribution in [-0.4, -0.2) is 34.2 Å². The average molecular weight is 246 g/mol. The second-order valence-corrected chi connectivity index (χ2v) is 4.95. The van der Waals surface area contributed by atoms with Crippen LogP contribution in [0.1, 0.15) is 37.0 Å². The van der Waals surface area contributed by atoms with Crippen LogP contribution < -0.4 is 0 Å². The lowest BCUT2D eigenvalue weighted by molar-refractivity contribution is -0.125. The van der Waals surface area contributed by atoms with E-state index in [2.05, 4.69) is 4.98 Å². The first-order valence-electron chi connectivity index (χ1n) is 6.36. The van der Waals surface area contributed by atoms with E-state index in [0.29, 0.717) is 12.1 Å². The van der Waals surface area contributed by atoms with Crippen molar-refractivity contribution >= 4 is 11.7 Å². The molecule has 1 aromatic heterocycles. The van der Waals surface area contributed by atoms with E-state index in [1.165, 1.54) is 0 Å². The normalized spacial score (nSPS) is 19.3. The molecule has 1 saturated heterocycles. The number of pyridine rings is 1. The predicted octanol–water partition coefficient (Wildman–Crippen LogP) is 1.91. The Kier molecular flexibility index (Phi) is 3.75. The third-order valence-corrected chi connectivity index (χ3v) is 3.34. The van der Waals surface area contributed by atoms with E-state index in [1.54, 1.807) is 29.4 Å². The number of aromatic nitrogens is 1. The van der Waals surface area contributed by atoms with Crippen molar-refractivity contribution in [3.05, 3.63) is 30.1 Å². The maximum absolute atomic E-state index is 12.3. The molecule has 2 rings (SSSR count). The monoisotopic (exact) mass is 246 g/mol. The molecule has 96 valence electrons. The lowest BCUT2D eigenvalue weighted by Crippen LogP contribution is -2.42. The molecule has 0 bridgehead atoms. The minimum Gasteiger partial charge on any atom is -0.329 e. The third kappa shape index (κ3) is 2.42. The standard InChI is InChI=1S/C14H18N2O2/c1-10(2)13(17)12-4-3-9-16(12)14(18)11-5-7-15-8-6-11/h5-8,10,12H,3-4,9H2,1-2H3. The summed E-state index contributed by atoms with van der Waals surface area (Å²) in [5.41, 5.74) is 0.605. The molecule has 4 heteroatoms. The number of rotatable bonds is 3. The van der Waals surface area contributed by atoms with Crippen molar-refractivity contribution in [3.8, 4) is 0 Å². The Morgan fingerprint density at radius 2 is 2.00 bits per heavy atom. The van der Waals surface area contributed by atoms with E-state index in [4.69, 9.17) is 0 Å². The van der Waals surface area contributed by atoms with Crippen molar-refractivity contribution in [3.63, 3.8) is 0 Å². The van der Waals surface area contributed by atoms with Gasteiger partial charge in [-0.15, -0.1) is 0 Å². The van der Waals surface area contributed by atoms with Gasteiger partial charge < -0.3 is 4.90 Å². The Balaban J connectivity index is 2.17.